The number of carbonyl (C=O) groups is 1. The predicted octanol–water partition coefficient (Wildman–Crippen LogP) is 2.23. The number of halogens is 1. The molecule has 0 saturated heterocycles. The van der Waals surface area contributed by atoms with Crippen molar-refractivity contribution in [3.05, 3.63) is 24.2 Å². The van der Waals surface area contributed by atoms with Gasteiger partial charge in [0.15, 0.2) is 0 Å². The molecule has 1 aromatic heterocycles. The van der Waals surface area contributed by atoms with Gasteiger partial charge >= 0.3 is 0 Å². The number of carbonyl (C=O) groups excluding carboxylic acids is 1. The Labute approximate surface area is 114 Å². The highest BCUT2D eigenvalue weighted by Gasteiger charge is 2.23. The van der Waals surface area contributed by atoms with Crippen molar-refractivity contribution in [2.24, 2.45) is 11.7 Å². The number of nitrogens with two attached hydrogens (primary N) is 1. The number of nitrogens with one attached hydrogen (secondary N) is 1. The van der Waals surface area contributed by atoms with Gasteiger partial charge in [-0.05, 0) is 30.9 Å². The molecule has 1 fully saturated rings. The Morgan fingerprint density at radius 3 is 2.89 bits per heavy atom. The van der Waals surface area contributed by atoms with E-state index in [0.29, 0.717) is 18.9 Å². The van der Waals surface area contributed by atoms with Gasteiger partial charge in [-0.2, -0.15) is 0 Å². The molecule has 1 heterocycles. The van der Waals surface area contributed by atoms with Crippen molar-refractivity contribution >= 4 is 18.3 Å². The van der Waals surface area contributed by atoms with Gasteiger partial charge in [0.2, 0.25) is 5.91 Å². The minimum Gasteiger partial charge on any atom is -0.467 e. The Balaban J connectivity index is 0.00000162. The zero-order chi connectivity index (χ0) is 12.1. The highest BCUT2D eigenvalue weighted by atomic mass is 35.5. The molecule has 1 aliphatic rings. The van der Waals surface area contributed by atoms with Crippen molar-refractivity contribution < 1.29 is 9.21 Å². The lowest BCUT2D eigenvalue weighted by Crippen LogP contribution is -2.36. The summed E-state index contributed by atoms with van der Waals surface area (Å²) in [6, 6.07) is 3.86. The number of hydrogen-bond donors (Lipinski definition) is 2. The first-order valence-corrected chi connectivity index (χ1v) is 6.30. The molecule has 0 bridgehead atoms. The molecule has 1 amide bonds. The Kier molecular flexibility index (Phi) is 6.22. The van der Waals surface area contributed by atoms with Gasteiger partial charge < -0.3 is 15.5 Å². The summed E-state index contributed by atoms with van der Waals surface area (Å²) >= 11 is 0. The number of furan rings is 1. The Bertz CT molecular complexity index is 354. The Morgan fingerprint density at radius 2 is 2.22 bits per heavy atom. The first-order chi connectivity index (χ1) is 8.25. The molecule has 3 N–H and O–H groups in total. The molecule has 0 aliphatic heterocycles. The molecule has 4 nitrogen and oxygen atoms in total. The van der Waals surface area contributed by atoms with Crippen molar-refractivity contribution in [3.8, 4) is 0 Å². The summed E-state index contributed by atoms with van der Waals surface area (Å²) in [5.74, 6) is 1.20. The van der Waals surface area contributed by atoms with Crippen molar-refractivity contribution in [2.75, 3.05) is 0 Å². The molecule has 0 radical (unpaired) electrons. The SMILES string of the molecule is Cl.NC1CCCCC1CC(=O)NCc1ccco1. The first-order valence-electron chi connectivity index (χ1n) is 6.30. The zero-order valence-electron chi connectivity index (χ0n) is 10.4. The van der Waals surface area contributed by atoms with Gasteiger partial charge in [-0.3, -0.25) is 4.79 Å². The topological polar surface area (TPSA) is 68.3 Å². The Hall–Kier alpha value is -1.00. The third-order valence-corrected chi connectivity index (χ3v) is 3.46. The Morgan fingerprint density at radius 1 is 1.44 bits per heavy atom. The minimum atomic E-state index is 0. The van der Waals surface area contributed by atoms with E-state index >= 15 is 0 Å². The molecule has 102 valence electrons. The van der Waals surface area contributed by atoms with E-state index in [1.165, 1.54) is 12.8 Å². The standard InChI is InChI=1S/C13H20N2O2.ClH/c14-12-6-2-1-4-10(12)8-13(16)15-9-11-5-3-7-17-11;/h3,5,7,10,12H,1-2,4,6,8-9,14H2,(H,15,16);1H. The van der Waals surface area contributed by atoms with Crippen molar-refractivity contribution in [1.29, 1.82) is 0 Å². The van der Waals surface area contributed by atoms with Crippen LogP contribution in [0, 0.1) is 5.92 Å². The summed E-state index contributed by atoms with van der Waals surface area (Å²) in [6.45, 7) is 0.466. The van der Waals surface area contributed by atoms with E-state index in [-0.39, 0.29) is 24.4 Å². The van der Waals surface area contributed by atoms with Crippen LogP contribution in [0.15, 0.2) is 22.8 Å². The summed E-state index contributed by atoms with van der Waals surface area (Å²) in [6.07, 6.45) is 6.68. The molecule has 0 aromatic carbocycles. The van der Waals surface area contributed by atoms with Crippen LogP contribution in [0.1, 0.15) is 37.9 Å². The predicted molar refractivity (Wildman–Crippen MR) is 72.4 cm³/mol. The molecule has 2 atom stereocenters. The van der Waals surface area contributed by atoms with Gasteiger partial charge in [0.05, 0.1) is 12.8 Å². The first kappa shape index (κ1) is 15.1. The second kappa shape index (κ2) is 7.44. The van der Waals surface area contributed by atoms with E-state index in [1.54, 1.807) is 6.26 Å². The normalized spacial score (nSPS) is 23.2. The summed E-state index contributed by atoms with van der Waals surface area (Å²) < 4.78 is 5.16. The zero-order valence-corrected chi connectivity index (χ0v) is 11.2. The summed E-state index contributed by atoms with van der Waals surface area (Å²) in [5, 5.41) is 2.86. The van der Waals surface area contributed by atoms with Gasteiger partial charge in [0, 0.05) is 12.5 Å². The smallest absolute Gasteiger partial charge is 0.220 e. The van der Waals surface area contributed by atoms with Crippen LogP contribution in [0.3, 0.4) is 0 Å². The van der Waals surface area contributed by atoms with E-state index in [0.717, 1.165) is 18.6 Å². The van der Waals surface area contributed by atoms with E-state index < -0.39 is 0 Å². The number of hydrogen-bond acceptors (Lipinski definition) is 3. The van der Waals surface area contributed by atoms with Gasteiger partial charge in [0.1, 0.15) is 5.76 Å². The quantitative estimate of drug-likeness (QED) is 0.883. The second-order valence-electron chi connectivity index (χ2n) is 4.77. The number of rotatable bonds is 4. The molecule has 1 aromatic rings. The van der Waals surface area contributed by atoms with Crippen molar-refractivity contribution in [3.63, 3.8) is 0 Å². The molecular formula is C13H21ClN2O2. The molecule has 1 saturated carbocycles. The van der Waals surface area contributed by atoms with Crippen LogP contribution in [0.5, 0.6) is 0 Å². The average molecular weight is 273 g/mol. The highest BCUT2D eigenvalue weighted by molar-refractivity contribution is 5.85. The van der Waals surface area contributed by atoms with Crippen LogP contribution in [0.25, 0.3) is 0 Å². The fourth-order valence-corrected chi connectivity index (χ4v) is 2.40. The van der Waals surface area contributed by atoms with Crippen LogP contribution < -0.4 is 11.1 Å². The monoisotopic (exact) mass is 272 g/mol. The lowest BCUT2D eigenvalue weighted by atomic mass is 9.83. The maximum Gasteiger partial charge on any atom is 0.220 e. The van der Waals surface area contributed by atoms with E-state index in [1.807, 2.05) is 12.1 Å². The lowest BCUT2D eigenvalue weighted by Gasteiger charge is -2.27. The van der Waals surface area contributed by atoms with E-state index in [4.69, 9.17) is 10.2 Å². The molecule has 5 heteroatoms. The van der Waals surface area contributed by atoms with Gasteiger partial charge in [-0.25, -0.2) is 0 Å². The average Bonchev–Trinajstić information content (AvgIpc) is 2.82. The van der Waals surface area contributed by atoms with E-state index in [9.17, 15) is 4.79 Å². The van der Waals surface area contributed by atoms with Crippen LogP contribution in [0.2, 0.25) is 0 Å². The third-order valence-electron chi connectivity index (χ3n) is 3.46. The summed E-state index contributed by atoms with van der Waals surface area (Å²) in [4.78, 5) is 11.7. The third kappa shape index (κ3) is 4.35. The van der Waals surface area contributed by atoms with Crippen LogP contribution in [-0.2, 0) is 11.3 Å². The van der Waals surface area contributed by atoms with Gasteiger partial charge in [-0.15, -0.1) is 12.4 Å². The second-order valence-corrected chi connectivity index (χ2v) is 4.77. The molecule has 18 heavy (non-hydrogen) atoms. The molecule has 2 unspecified atom stereocenters. The summed E-state index contributed by atoms with van der Waals surface area (Å²) in [7, 11) is 0. The minimum absolute atomic E-state index is 0. The number of amides is 1. The molecular weight excluding hydrogens is 252 g/mol. The largest absolute Gasteiger partial charge is 0.467 e. The molecule has 2 rings (SSSR count). The van der Waals surface area contributed by atoms with Crippen molar-refractivity contribution in [1.82, 2.24) is 5.32 Å². The van der Waals surface area contributed by atoms with Gasteiger partial charge in [0.25, 0.3) is 0 Å². The van der Waals surface area contributed by atoms with E-state index in [2.05, 4.69) is 5.32 Å². The van der Waals surface area contributed by atoms with Crippen LogP contribution in [0.4, 0.5) is 0 Å². The molecule has 1 aliphatic carbocycles. The summed E-state index contributed by atoms with van der Waals surface area (Å²) in [5.41, 5.74) is 6.02. The maximum atomic E-state index is 11.7. The van der Waals surface area contributed by atoms with Crippen LogP contribution in [-0.4, -0.2) is 11.9 Å². The fourth-order valence-electron chi connectivity index (χ4n) is 2.40. The van der Waals surface area contributed by atoms with Crippen molar-refractivity contribution in [2.45, 2.75) is 44.7 Å². The molecule has 0 spiro atoms. The fraction of sp³-hybridized carbons (Fsp3) is 0.615. The lowest BCUT2D eigenvalue weighted by molar-refractivity contribution is -0.122. The maximum absolute atomic E-state index is 11.7. The highest BCUT2D eigenvalue weighted by Crippen LogP contribution is 2.25. The van der Waals surface area contributed by atoms with Gasteiger partial charge in [-0.1, -0.05) is 12.8 Å². The van der Waals surface area contributed by atoms with Crippen LogP contribution >= 0.6 is 12.4 Å².